The van der Waals surface area contributed by atoms with Gasteiger partial charge in [0.1, 0.15) is 5.82 Å². The van der Waals surface area contributed by atoms with E-state index in [0.717, 1.165) is 43.0 Å². The number of aryl methyl sites for hydroxylation is 1. The lowest BCUT2D eigenvalue weighted by molar-refractivity contribution is 0.191. The van der Waals surface area contributed by atoms with Gasteiger partial charge in [-0.05, 0) is 37.5 Å². The van der Waals surface area contributed by atoms with Gasteiger partial charge in [0.05, 0.1) is 11.0 Å². The Morgan fingerprint density at radius 1 is 1.25 bits per heavy atom. The van der Waals surface area contributed by atoms with E-state index in [9.17, 15) is 0 Å². The molecule has 4 heteroatoms. The molecule has 4 nitrogen and oxygen atoms in total. The molecule has 20 heavy (non-hydrogen) atoms. The van der Waals surface area contributed by atoms with Crippen molar-refractivity contribution in [3.05, 3.63) is 24.0 Å². The molecule has 2 aromatic rings. The summed E-state index contributed by atoms with van der Waals surface area (Å²) in [5.41, 5.74) is 8.82. The van der Waals surface area contributed by atoms with Gasteiger partial charge in [-0.25, -0.2) is 4.98 Å². The van der Waals surface area contributed by atoms with Crippen LogP contribution < -0.4 is 5.73 Å². The van der Waals surface area contributed by atoms with Crippen molar-refractivity contribution in [1.82, 2.24) is 9.55 Å². The summed E-state index contributed by atoms with van der Waals surface area (Å²) in [5, 5.41) is 0. The number of anilines is 1. The van der Waals surface area contributed by atoms with Crippen molar-refractivity contribution in [3.63, 3.8) is 0 Å². The van der Waals surface area contributed by atoms with E-state index in [0.29, 0.717) is 5.92 Å². The van der Waals surface area contributed by atoms with Gasteiger partial charge in [0.2, 0.25) is 0 Å². The number of ether oxygens (including phenoxy) is 1. The molecule has 0 aliphatic carbocycles. The highest BCUT2D eigenvalue weighted by Gasteiger charge is 2.13. The van der Waals surface area contributed by atoms with Crippen molar-refractivity contribution < 1.29 is 4.74 Å². The van der Waals surface area contributed by atoms with Crippen molar-refractivity contribution in [2.75, 3.05) is 19.5 Å². The van der Waals surface area contributed by atoms with Crippen molar-refractivity contribution in [2.24, 2.45) is 0 Å². The monoisotopic (exact) mass is 275 g/mol. The minimum absolute atomic E-state index is 0.419. The van der Waals surface area contributed by atoms with E-state index >= 15 is 0 Å². The van der Waals surface area contributed by atoms with Crippen molar-refractivity contribution in [1.29, 1.82) is 0 Å². The summed E-state index contributed by atoms with van der Waals surface area (Å²) in [6.07, 6.45) is 3.45. The zero-order chi connectivity index (χ0) is 14.5. The number of benzene rings is 1. The number of fused-ring (bicyclic) bond motifs is 1. The third-order valence-corrected chi connectivity index (χ3v) is 3.55. The first-order valence-electron chi connectivity index (χ1n) is 7.38. The third kappa shape index (κ3) is 3.31. The quantitative estimate of drug-likeness (QED) is 0.621. The second kappa shape index (κ2) is 6.75. The molecule has 2 N–H and O–H groups in total. The molecule has 0 fully saturated rings. The molecular weight excluding hydrogens is 250 g/mol. The summed E-state index contributed by atoms with van der Waals surface area (Å²) >= 11 is 0. The molecule has 2 rings (SSSR count). The van der Waals surface area contributed by atoms with Gasteiger partial charge in [-0.1, -0.05) is 13.8 Å². The largest absolute Gasteiger partial charge is 0.399 e. The van der Waals surface area contributed by atoms with E-state index in [1.54, 1.807) is 7.11 Å². The minimum Gasteiger partial charge on any atom is -0.399 e. The summed E-state index contributed by atoms with van der Waals surface area (Å²) < 4.78 is 7.43. The number of nitrogens with two attached hydrogens (primary N) is 1. The fraction of sp³-hybridized carbons (Fsp3) is 0.562. The lowest BCUT2D eigenvalue weighted by Gasteiger charge is -2.11. The molecule has 0 atom stereocenters. The Kier molecular flexibility index (Phi) is 5.01. The number of imidazole rings is 1. The van der Waals surface area contributed by atoms with Crippen LogP contribution in [-0.2, 0) is 11.3 Å². The number of nitrogens with zero attached hydrogens (tertiary/aromatic N) is 2. The van der Waals surface area contributed by atoms with Crippen LogP contribution in [0.4, 0.5) is 5.69 Å². The van der Waals surface area contributed by atoms with E-state index < -0.39 is 0 Å². The molecule has 0 aliphatic heterocycles. The first-order chi connectivity index (χ1) is 9.63. The van der Waals surface area contributed by atoms with E-state index in [4.69, 9.17) is 15.5 Å². The van der Waals surface area contributed by atoms with Gasteiger partial charge in [-0.2, -0.15) is 0 Å². The maximum absolute atomic E-state index is 5.85. The van der Waals surface area contributed by atoms with E-state index in [1.807, 2.05) is 12.1 Å². The standard InChI is InChI=1S/C16H25N3O/c1-12(2)16-18-14-11-13(17)7-8-15(14)19(16)9-5-4-6-10-20-3/h7-8,11-12H,4-6,9-10,17H2,1-3H3. The zero-order valence-corrected chi connectivity index (χ0v) is 12.7. The van der Waals surface area contributed by atoms with Gasteiger partial charge < -0.3 is 15.0 Å². The van der Waals surface area contributed by atoms with E-state index in [2.05, 4.69) is 24.5 Å². The van der Waals surface area contributed by atoms with Gasteiger partial charge >= 0.3 is 0 Å². The van der Waals surface area contributed by atoms with Crippen LogP contribution >= 0.6 is 0 Å². The molecule has 1 aromatic carbocycles. The molecule has 1 aromatic heterocycles. The van der Waals surface area contributed by atoms with Crippen molar-refractivity contribution in [2.45, 2.75) is 45.6 Å². The highest BCUT2D eigenvalue weighted by Crippen LogP contribution is 2.24. The molecule has 0 bridgehead atoms. The van der Waals surface area contributed by atoms with Crippen LogP contribution in [0.5, 0.6) is 0 Å². The topological polar surface area (TPSA) is 53.1 Å². The Bertz CT molecular complexity index is 560. The fourth-order valence-electron chi connectivity index (χ4n) is 2.53. The second-order valence-corrected chi connectivity index (χ2v) is 5.58. The van der Waals surface area contributed by atoms with Crippen LogP contribution in [-0.4, -0.2) is 23.3 Å². The average molecular weight is 275 g/mol. The second-order valence-electron chi connectivity index (χ2n) is 5.58. The molecule has 0 saturated heterocycles. The van der Waals surface area contributed by atoms with Crippen molar-refractivity contribution >= 4 is 16.7 Å². The Morgan fingerprint density at radius 2 is 2.05 bits per heavy atom. The van der Waals surface area contributed by atoms with Crippen LogP contribution in [0.15, 0.2) is 18.2 Å². The number of rotatable bonds is 7. The van der Waals surface area contributed by atoms with Gasteiger partial charge in [0.25, 0.3) is 0 Å². The smallest absolute Gasteiger partial charge is 0.112 e. The summed E-state index contributed by atoms with van der Waals surface area (Å²) in [6, 6.07) is 6.00. The lowest BCUT2D eigenvalue weighted by Crippen LogP contribution is -2.06. The number of hydrogen-bond donors (Lipinski definition) is 1. The number of methoxy groups -OCH3 is 1. The maximum Gasteiger partial charge on any atom is 0.112 e. The van der Waals surface area contributed by atoms with E-state index in [1.165, 1.54) is 11.9 Å². The van der Waals surface area contributed by atoms with Crippen LogP contribution in [0.3, 0.4) is 0 Å². The van der Waals surface area contributed by atoms with Gasteiger partial charge in [0.15, 0.2) is 0 Å². The molecular formula is C16H25N3O. The predicted molar refractivity (Wildman–Crippen MR) is 84.0 cm³/mol. The average Bonchev–Trinajstić information content (AvgIpc) is 2.76. The van der Waals surface area contributed by atoms with Crippen LogP contribution in [0.25, 0.3) is 11.0 Å². The highest BCUT2D eigenvalue weighted by molar-refractivity contribution is 5.79. The maximum atomic E-state index is 5.85. The van der Waals surface area contributed by atoms with Crippen LogP contribution in [0.1, 0.15) is 44.9 Å². The number of unbranched alkanes of at least 4 members (excludes halogenated alkanes) is 2. The number of hydrogen-bond acceptors (Lipinski definition) is 3. The molecule has 1 heterocycles. The first kappa shape index (κ1) is 14.9. The third-order valence-electron chi connectivity index (χ3n) is 3.55. The Balaban J connectivity index is 2.18. The van der Waals surface area contributed by atoms with Gasteiger partial charge in [-0.3, -0.25) is 0 Å². The van der Waals surface area contributed by atoms with Gasteiger partial charge in [-0.15, -0.1) is 0 Å². The van der Waals surface area contributed by atoms with Crippen molar-refractivity contribution in [3.8, 4) is 0 Å². The molecule has 0 spiro atoms. The lowest BCUT2D eigenvalue weighted by atomic mass is 10.2. The zero-order valence-electron chi connectivity index (χ0n) is 12.7. The first-order valence-corrected chi connectivity index (χ1v) is 7.38. The molecule has 0 saturated carbocycles. The molecule has 0 amide bonds. The highest BCUT2D eigenvalue weighted by atomic mass is 16.5. The summed E-state index contributed by atoms with van der Waals surface area (Å²) in [6.45, 7) is 6.23. The fourth-order valence-corrected chi connectivity index (χ4v) is 2.53. The summed E-state index contributed by atoms with van der Waals surface area (Å²) in [7, 11) is 1.75. The molecule has 110 valence electrons. The number of nitrogen functional groups attached to an aromatic ring is 1. The van der Waals surface area contributed by atoms with Crippen LogP contribution in [0.2, 0.25) is 0 Å². The van der Waals surface area contributed by atoms with Gasteiger partial charge in [0, 0.05) is 31.9 Å². The summed E-state index contributed by atoms with van der Waals surface area (Å²) in [5.74, 6) is 1.57. The van der Waals surface area contributed by atoms with E-state index in [-0.39, 0.29) is 0 Å². The normalized spacial score (nSPS) is 11.6. The number of aromatic nitrogens is 2. The molecule has 0 unspecified atom stereocenters. The Labute approximate surface area is 120 Å². The Hall–Kier alpha value is -1.55. The minimum atomic E-state index is 0.419. The predicted octanol–water partition coefficient (Wildman–Crippen LogP) is 3.56. The Morgan fingerprint density at radius 3 is 2.75 bits per heavy atom. The SMILES string of the molecule is COCCCCCn1c(C(C)C)nc2cc(N)ccc21. The molecule has 0 aliphatic rings. The van der Waals surface area contributed by atoms with Crippen LogP contribution in [0, 0.1) is 0 Å². The molecule has 0 radical (unpaired) electrons. The summed E-state index contributed by atoms with van der Waals surface area (Å²) in [4.78, 5) is 4.75.